The van der Waals surface area contributed by atoms with Crippen molar-refractivity contribution in [2.24, 2.45) is 7.05 Å². The molecule has 1 saturated heterocycles. The molecular weight excluding hydrogens is 656 g/mol. The standard InChI is InChI=1S/C35H39FN11O2P/c1-45-20-22(19-40-45)24-17-27(29(49-2)18-28(24)47-15-13-46(14-16-47)21-35(36)8-9-35)42-34-43-32-23(7-10-39-32)33(44-34)41-26-6-5-25-30(38-12-11-37-25)31(26)50(3,4)48/h5-7,10-12,17-20H,8-9,13-16,21H2,1-4H3,(H3,39,41,42,43,44). The number of anilines is 5. The van der Waals surface area contributed by atoms with Crippen LogP contribution >= 0.6 is 7.14 Å². The summed E-state index contributed by atoms with van der Waals surface area (Å²) in [7, 11) is 0.737. The van der Waals surface area contributed by atoms with Crippen LogP contribution in [0.15, 0.2) is 61.3 Å². The molecule has 3 N–H and O–H groups in total. The molecule has 1 aliphatic heterocycles. The van der Waals surface area contributed by atoms with Crippen LogP contribution in [0.3, 0.4) is 0 Å². The number of hydrogen-bond acceptors (Lipinski definition) is 11. The number of nitrogens with one attached hydrogen (secondary N) is 3. The number of alkyl halides is 1. The Bertz CT molecular complexity index is 2270. The average molecular weight is 696 g/mol. The van der Waals surface area contributed by atoms with E-state index in [1.165, 1.54) is 0 Å². The summed E-state index contributed by atoms with van der Waals surface area (Å²) in [5.41, 5.74) is 5.13. The van der Waals surface area contributed by atoms with E-state index in [0.717, 1.165) is 48.4 Å². The zero-order valence-corrected chi connectivity index (χ0v) is 29.3. The molecule has 2 aliphatic rings. The smallest absolute Gasteiger partial charge is 0.231 e. The minimum Gasteiger partial charge on any atom is -0.494 e. The van der Waals surface area contributed by atoms with Gasteiger partial charge in [-0.05, 0) is 50.4 Å². The number of aromatic amines is 1. The van der Waals surface area contributed by atoms with Gasteiger partial charge in [0.15, 0.2) is 0 Å². The lowest BCUT2D eigenvalue weighted by atomic mass is 10.0. The van der Waals surface area contributed by atoms with E-state index in [4.69, 9.17) is 14.7 Å². The monoisotopic (exact) mass is 695 g/mol. The topological polar surface area (TPSA) is 142 Å². The highest BCUT2D eigenvalue weighted by molar-refractivity contribution is 7.71. The second-order valence-electron chi connectivity index (χ2n) is 13.5. The van der Waals surface area contributed by atoms with Crippen LogP contribution < -0.4 is 25.6 Å². The van der Waals surface area contributed by atoms with Crippen LogP contribution in [0.5, 0.6) is 5.75 Å². The second kappa shape index (κ2) is 12.4. The number of nitrogens with zero attached hydrogens (tertiary/aromatic N) is 8. The molecule has 2 aromatic carbocycles. The Labute approximate surface area is 288 Å². The molecule has 0 amide bonds. The van der Waals surface area contributed by atoms with Gasteiger partial charge in [-0.15, -0.1) is 0 Å². The average Bonchev–Trinajstić information content (AvgIpc) is 3.41. The van der Waals surface area contributed by atoms with Crippen molar-refractivity contribution in [3.63, 3.8) is 0 Å². The summed E-state index contributed by atoms with van der Waals surface area (Å²) in [6.07, 6.45) is 10.2. The first-order chi connectivity index (χ1) is 24.1. The van der Waals surface area contributed by atoms with E-state index in [2.05, 4.69) is 40.5 Å². The molecule has 0 bridgehead atoms. The molecule has 13 nitrogen and oxygen atoms in total. The molecule has 5 heterocycles. The number of H-pyrrole nitrogens is 1. The van der Waals surface area contributed by atoms with Crippen molar-refractivity contribution in [3.05, 3.63) is 61.3 Å². The molecule has 8 rings (SSSR count). The van der Waals surface area contributed by atoms with Crippen LogP contribution in [0.1, 0.15) is 12.8 Å². The van der Waals surface area contributed by atoms with E-state index in [1.807, 2.05) is 49.8 Å². The van der Waals surface area contributed by atoms with E-state index in [9.17, 15) is 8.96 Å². The summed E-state index contributed by atoms with van der Waals surface area (Å²) in [6, 6.07) is 9.69. The number of ether oxygens (including phenoxy) is 1. The predicted octanol–water partition coefficient (Wildman–Crippen LogP) is 5.67. The first-order valence-electron chi connectivity index (χ1n) is 16.6. The molecule has 258 valence electrons. The SMILES string of the molecule is COc1cc(N2CCN(CC3(F)CC3)CC2)c(-c2cnn(C)c2)cc1Nc1nc(Nc2ccc3nccnc3c2P(C)(C)=O)c2cc[nH]c2n1. The number of halogens is 1. The maximum atomic E-state index is 14.5. The van der Waals surface area contributed by atoms with Crippen LogP contribution in [0.25, 0.3) is 33.2 Å². The molecule has 4 aromatic heterocycles. The molecule has 0 unspecified atom stereocenters. The Morgan fingerprint density at radius 1 is 1.02 bits per heavy atom. The van der Waals surface area contributed by atoms with Crippen molar-refractivity contribution in [1.82, 2.24) is 39.6 Å². The van der Waals surface area contributed by atoms with Crippen LogP contribution in [-0.4, -0.2) is 98.4 Å². The lowest BCUT2D eigenvalue weighted by Gasteiger charge is -2.37. The van der Waals surface area contributed by atoms with Crippen molar-refractivity contribution in [3.8, 4) is 16.9 Å². The van der Waals surface area contributed by atoms with Crippen molar-refractivity contribution in [1.29, 1.82) is 0 Å². The molecule has 0 atom stereocenters. The minimum atomic E-state index is -2.80. The number of rotatable bonds is 10. The summed E-state index contributed by atoms with van der Waals surface area (Å²) in [4.78, 5) is 26.4. The van der Waals surface area contributed by atoms with Gasteiger partial charge in [-0.2, -0.15) is 15.1 Å². The second-order valence-corrected chi connectivity index (χ2v) is 16.7. The Morgan fingerprint density at radius 3 is 2.54 bits per heavy atom. The van der Waals surface area contributed by atoms with Gasteiger partial charge in [0.05, 0.1) is 40.9 Å². The summed E-state index contributed by atoms with van der Waals surface area (Å²) >= 11 is 0. The van der Waals surface area contributed by atoms with Gasteiger partial charge in [0.1, 0.15) is 35.5 Å². The normalized spacial score (nSPS) is 16.2. The third-order valence-corrected chi connectivity index (χ3v) is 10.9. The molecule has 50 heavy (non-hydrogen) atoms. The minimum absolute atomic E-state index is 0.331. The predicted molar refractivity (Wildman–Crippen MR) is 196 cm³/mol. The third kappa shape index (κ3) is 6.25. The largest absolute Gasteiger partial charge is 0.494 e. The van der Waals surface area contributed by atoms with Gasteiger partial charge in [-0.3, -0.25) is 19.5 Å². The van der Waals surface area contributed by atoms with Crippen molar-refractivity contribution >= 4 is 63.3 Å². The van der Waals surface area contributed by atoms with Crippen LogP contribution in [0.4, 0.5) is 33.2 Å². The van der Waals surface area contributed by atoms with Gasteiger partial charge in [0, 0.05) is 87.4 Å². The van der Waals surface area contributed by atoms with Crippen molar-refractivity contribution < 1.29 is 13.7 Å². The fourth-order valence-corrected chi connectivity index (χ4v) is 8.13. The zero-order chi connectivity index (χ0) is 34.6. The van der Waals surface area contributed by atoms with Gasteiger partial charge < -0.3 is 29.8 Å². The maximum absolute atomic E-state index is 14.5. The highest BCUT2D eigenvalue weighted by Crippen LogP contribution is 2.44. The molecule has 0 spiro atoms. The quantitative estimate of drug-likeness (QED) is 0.153. The number of piperazine rings is 1. The highest BCUT2D eigenvalue weighted by Gasteiger charge is 2.44. The first kappa shape index (κ1) is 32.2. The Morgan fingerprint density at radius 2 is 1.82 bits per heavy atom. The number of benzene rings is 2. The van der Waals surface area contributed by atoms with Crippen molar-refractivity contribution in [2.45, 2.75) is 18.5 Å². The fraction of sp³-hybridized carbons (Fsp3) is 0.343. The lowest BCUT2D eigenvalue weighted by molar-refractivity contribution is 0.168. The Balaban J connectivity index is 1.15. The molecule has 15 heteroatoms. The maximum Gasteiger partial charge on any atom is 0.231 e. The van der Waals surface area contributed by atoms with Crippen molar-refractivity contribution in [2.75, 3.05) is 68.7 Å². The summed E-state index contributed by atoms with van der Waals surface area (Å²) in [5.74, 6) is 1.48. The zero-order valence-electron chi connectivity index (χ0n) is 28.4. The van der Waals surface area contributed by atoms with E-state index in [0.29, 0.717) is 70.3 Å². The van der Waals surface area contributed by atoms with E-state index < -0.39 is 12.8 Å². The van der Waals surface area contributed by atoms with E-state index in [-0.39, 0.29) is 0 Å². The lowest BCUT2D eigenvalue weighted by Crippen LogP contribution is -2.48. The van der Waals surface area contributed by atoms with Crippen LogP contribution in [0.2, 0.25) is 0 Å². The van der Waals surface area contributed by atoms with Gasteiger partial charge >= 0.3 is 0 Å². The molecule has 6 aromatic rings. The number of fused-ring (bicyclic) bond motifs is 2. The number of hydrogen-bond donors (Lipinski definition) is 3. The van der Waals surface area contributed by atoms with E-state index >= 15 is 0 Å². The summed E-state index contributed by atoms with van der Waals surface area (Å²) < 4.78 is 35.8. The van der Waals surface area contributed by atoms with Crippen LogP contribution in [-0.2, 0) is 11.6 Å². The highest BCUT2D eigenvalue weighted by atomic mass is 31.2. The third-order valence-electron chi connectivity index (χ3n) is 9.41. The fourth-order valence-electron chi connectivity index (χ4n) is 6.74. The molecule has 1 saturated carbocycles. The molecule has 1 aliphatic carbocycles. The van der Waals surface area contributed by atoms with Gasteiger partial charge in [-0.1, -0.05) is 0 Å². The number of aromatic nitrogens is 7. The summed E-state index contributed by atoms with van der Waals surface area (Å²) in [5, 5.41) is 12.7. The number of aryl methyl sites for hydroxylation is 1. The van der Waals surface area contributed by atoms with Gasteiger partial charge in [0.2, 0.25) is 5.95 Å². The van der Waals surface area contributed by atoms with Gasteiger partial charge in [0.25, 0.3) is 0 Å². The van der Waals surface area contributed by atoms with E-state index in [1.54, 1.807) is 43.7 Å². The Hall–Kier alpha value is -5.07. The van der Waals surface area contributed by atoms with Gasteiger partial charge in [-0.25, -0.2) is 4.39 Å². The first-order valence-corrected chi connectivity index (χ1v) is 19.2. The summed E-state index contributed by atoms with van der Waals surface area (Å²) in [6.45, 7) is 7.08. The Kier molecular flexibility index (Phi) is 7.95. The van der Waals surface area contributed by atoms with Crippen LogP contribution in [0, 0.1) is 0 Å². The molecule has 2 fully saturated rings. The molecule has 0 radical (unpaired) electrons. The number of methoxy groups -OCH3 is 1. The molecular formula is C35H39FN11O2P.